The number of nitrogens with one attached hydrogen (secondary N) is 1. The van der Waals surface area contributed by atoms with E-state index in [4.69, 9.17) is 0 Å². The molecule has 0 aliphatic heterocycles. The first-order valence-corrected chi connectivity index (χ1v) is 7.42. The molecule has 1 saturated carbocycles. The van der Waals surface area contributed by atoms with Crippen LogP contribution >= 0.6 is 15.9 Å². The van der Waals surface area contributed by atoms with Crippen LogP contribution in [0, 0.1) is 5.92 Å². The number of nitrogens with zero attached hydrogens (tertiary/aromatic N) is 2. The highest BCUT2D eigenvalue weighted by Gasteiger charge is 2.21. The molecule has 1 N–H and O–H groups in total. The van der Waals surface area contributed by atoms with E-state index in [0.29, 0.717) is 22.6 Å². The van der Waals surface area contributed by atoms with Crippen molar-refractivity contribution in [2.24, 2.45) is 5.92 Å². The zero-order valence-corrected chi connectivity index (χ0v) is 13.1. The Morgan fingerprint density at radius 1 is 1.65 bits per heavy atom. The van der Waals surface area contributed by atoms with Crippen molar-refractivity contribution in [2.45, 2.75) is 38.8 Å². The first-order chi connectivity index (χ1) is 9.52. The predicted octanol–water partition coefficient (Wildman–Crippen LogP) is 1.78. The van der Waals surface area contributed by atoms with Crippen molar-refractivity contribution in [3.05, 3.63) is 21.0 Å². The molecule has 2 rings (SSSR count). The number of hydrogen-bond acceptors (Lipinski definition) is 5. The van der Waals surface area contributed by atoms with Crippen molar-refractivity contribution in [1.82, 2.24) is 9.78 Å². The Balaban J connectivity index is 2.20. The number of carbonyl (C=O) groups is 1. The maximum Gasteiger partial charge on any atom is 0.327 e. The number of rotatable bonds is 5. The Labute approximate surface area is 125 Å². The molecular formula is C13H18BrN3O3. The van der Waals surface area contributed by atoms with Crippen LogP contribution in [0.25, 0.3) is 0 Å². The quantitative estimate of drug-likeness (QED) is 0.825. The molecule has 0 radical (unpaired) electrons. The number of esters is 1. The van der Waals surface area contributed by atoms with Crippen LogP contribution in [0.3, 0.4) is 0 Å². The van der Waals surface area contributed by atoms with Gasteiger partial charge >= 0.3 is 5.97 Å². The second kappa shape index (κ2) is 6.39. The minimum atomic E-state index is -0.594. The van der Waals surface area contributed by atoms with Gasteiger partial charge in [0.1, 0.15) is 11.7 Å². The fraction of sp³-hybridized carbons (Fsp3) is 0.615. The molecule has 7 heteroatoms. The molecular weight excluding hydrogens is 326 g/mol. The molecule has 0 saturated heterocycles. The van der Waals surface area contributed by atoms with Gasteiger partial charge in [0.15, 0.2) is 0 Å². The van der Waals surface area contributed by atoms with E-state index in [1.165, 1.54) is 18.2 Å². The van der Waals surface area contributed by atoms with Gasteiger partial charge in [0.25, 0.3) is 5.56 Å². The summed E-state index contributed by atoms with van der Waals surface area (Å²) in [5.74, 6) is 0.117. The molecule has 0 spiro atoms. The predicted molar refractivity (Wildman–Crippen MR) is 78.6 cm³/mol. The largest absolute Gasteiger partial charge is 0.467 e. The summed E-state index contributed by atoms with van der Waals surface area (Å²) in [7, 11) is 1.32. The van der Waals surface area contributed by atoms with Crippen LogP contribution in [0.5, 0.6) is 0 Å². The Morgan fingerprint density at radius 3 is 2.90 bits per heavy atom. The average molecular weight is 344 g/mol. The van der Waals surface area contributed by atoms with Gasteiger partial charge in [0.2, 0.25) is 0 Å². The van der Waals surface area contributed by atoms with Crippen LogP contribution in [-0.4, -0.2) is 28.9 Å². The summed E-state index contributed by atoms with van der Waals surface area (Å²) >= 11 is 3.29. The highest BCUT2D eigenvalue weighted by Crippen LogP contribution is 2.27. The molecule has 20 heavy (non-hydrogen) atoms. The third-order valence-corrected chi connectivity index (χ3v) is 4.17. The highest BCUT2D eigenvalue weighted by molar-refractivity contribution is 9.10. The Kier molecular flexibility index (Phi) is 4.80. The minimum Gasteiger partial charge on any atom is -0.467 e. The second-order valence-corrected chi connectivity index (χ2v) is 5.90. The van der Waals surface area contributed by atoms with Gasteiger partial charge in [-0.3, -0.25) is 4.79 Å². The van der Waals surface area contributed by atoms with Crippen molar-refractivity contribution in [3.63, 3.8) is 0 Å². The van der Waals surface area contributed by atoms with Crippen LogP contribution in [0.4, 0.5) is 5.69 Å². The van der Waals surface area contributed by atoms with Crippen molar-refractivity contribution in [1.29, 1.82) is 0 Å². The molecule has 1 atom stereocenters. The highest BCUT2D eigenvalue weighted by atomic mass is 79.9. The number of halogens is 1. The maximum atomic E-state index is 12.4. The van der Waals surface area contributed by atoms with Crippen LogP contribution in [0.15, 0.2) is 15.5 Å². The number of carbonyl (C=O) groups excluding carboxylic acids is 1. The van der Waals surface area contributed by atoms with Crippen LogP contribution in [-0.2, 0) is 16.1 Å². The summed E-state index contributed by atoms with van der Waals surface area (Å²) in [5, 5.41) is 7.02. The Morgan fingerprint density at radius 2 is 2.35 bits per heavy atom. The number of hydrogen-bond donors (Lipinski definition) is 1. The average Bonchev–Trinajstić information content (AvgIpc) is 2.39. The number of methoxy groups -OCH3 is 1. The second-order valence-electron chi connectivity index (χ2n) is 5.04. The lowest BCUT2D eigenvalue weighted by Crippen LogP contribution is -2.35. The van der Waals surface area contributed by atoms with E-state index in [9.17, 15) is 9.59 Å². The summed E-state index contributed by atoms with van der Waals surface area (Å²) in [5.41, 5.74) is 0.124. The van der Waals surface area contributed by atoms with Gasteiger partial charge in [0, 0.05) is 6.54 Å². The van der Waals surface area contributed by atoms with Crippen molar-refractivity contribution in [3.8, 4) is 0 Å². The first-order valence-electron chi connectivity index (χ1n) is 6.63. The third kappa shape index (κ3) is 3.20. The van der Waals surface area contributed by atoms with E-state index in [1.807, 2.05) is 0 Å². The van der Waals surface area contributed by atoms with Crippen molar-refractivity contribution in [2.75, 3.05) is 12.4 Å². The van der Waals surface area contributed by atoms with Gasteiger partial charge in [-0.25, -0.2) is 9.48 Å². The summed E-state index contributed by atoms with van der Waals surface area (Å²) in [6, 6.07) is -0.594. The van der Waals surface area contributed by atoms with E-state index < -0.39 is 12.0 Å². The number of anilines is 1. The van der Waals surface area contributed by atoms with Gasteiger partial charge in [0.05, 0.1) is 17.8 Å². The molecule has 0 aromatic carbocycles. The standard InChI is InChI=1S/C13H18BrN3O3/c1-8(13(19)20-2)16-11-10(14)6-15-17(12(11)18)7-9-4-3-5-9/h6,8-9,16H,3-5,7H2,1-2H3. The van der Waals surface area contributed by atoms with Gasteiger partial charge in [-0.2, -0.15) is 5.10 Å². The van der Waals surface area contributed by atoms with Crippen molar-refractivity contribution < 1.29 is 9.53 Å². The summed E-state index contributed by atoms with van der Waals surface area (Å²) in [4.78, 5) is 23.8. The number of ether oxygens (including phenoxy) is 1. The third-order valence-electron chi connectivity index (χ3n) is 3.57. The lowest BCUT2D eigenvalue weighted by molar-refractivity contribution is -0.141. The van der Waals surface area contributed by atoms with Crippen LogP contribution in [0.2, 0.25) is 0 Å². The molecule has 1 aromatic rings. The molecule has 1 aliphatic rings. The molecule has 1 aliphatic carbocycles. The monoisotopic (exact) mass is 343 g/mol. The Hall–Kier alpha value is -1.37. The van der Waals surface area contributed by atoms with E-state index in [-0.39, 0.29) is 5.56 Å². The molecule has 6 nitrogen and oxygen atoms in total. The fourth-order valence-electron chi connectivity index (χ4n) is 2.10. The first kappa shape index (κ1) is 15.0. The summed E-state index contributed by atoms with van der Waals surface area (Å²) in [6.07, 6.45) is 5.09. The maximum absolute atomic E-state index is 12.4. The van der Waals surface area contributed by atoms with E-state index in [0.717, 1.165) is 12.8 Å². The van der Waals surface area contributed by atoms with E-state index >= 15 is 0 Å². The van der Waals surface area contributed by atoms with Gasteiger partial charge in [-0.1, -0.05) is 6.42 Å². The van der Waals surface area contributed by atoms with Gasteiger partial charge in [-0.15, -0.1) is 0 Å². The zero-order chi connectivity index (χ0) is 14.7. The van der Waals surface area contributed by atoms with Crippen molar-refractivity contribution >= 4 is 27.6 Å². The van der Waals surface area contributed by atoms with E-state index in [1.54, 1.807) is 13.1 Å². The lowest BCUT2D eigenvalue weighted by atomic mass is 9.85. The summed E-state index contributed by atoms with van der Waals surface area (Å²) < 4.78 is 6.65. The molecule has 1 aromatic heterocycles. The molecule has 110 valence electrons. The van der Waals surface area contributed by atoms with Gasteiger partial charge in [-0.05, 0) is 41.6 Å². The van der Waals surface area contributed by atoms with Crippen LogP contribution < -0.4 is 10.9 Å². The smallest absolute Gasteiger partial charge is 0.327 e. The Bertz CT molecular complexity index is 554. The van der Waals surface area contributed by atoms with Crippen LogP contribution in [0.1, 0.15) is 26.2 Å². The molecule has 0 amide bonds. The number of aromatic nitrogens is 2. The molecule has 1 fully saturated rings. The van der Waals surface area contributed by atoms with E-state index in [2.05, 4.69) is 31.1 Å². The molecule has 1 unspecified atom stereocenters. The fourth-order valence-corrected chi connectivity index (χ4v) is 2.48. The lowest BCUT2D eigenvalue weighted by Gasteiger charge is -2.25. The SMILES string of the molecule is COC(=O)C(C)Nc1c(Br)cnn(CC2CCC2)c1=O. The topological polar surface area (TPSA) is 73.2 Å². The van der Waals surface area contributed by atoms with Gasteiger partial charge < -0.3 is 10.1 Å². The zero-order valence-electron chi connectivity index (χ0n) is 11.6. The molecule has 0 bridgehead atoms. The minimum absolute atomic E-state index is 0.220. The molecule has 1 heterocycles. The normalized spacial score (nSPS) is 16.4. The summed E-state index contributed by atoms with van der Waals surface area (Å²) in [6.45, 7) is 2.28.